The smallest absolute Gasteiger partial charge is 0.264 e. The molecule has 2 amide bonds. The van der Waals surface area contributed by atoms with E-state index in [1.807, 2.05) is 0 Å². The van der Waals surface area contributed by atoms with Crippen molar-refractivity contribution in [3.05, 3.63) is 90.2 Å². The molecular formula is C26H28FN3O5S. The number of methoxy groups -OCH3 is 1. The van der Waals surface area contributed by atoms with E-state index in [2.05, 4.69) is 5.32 Å². The third-order valence-corrected chi connectivity index (χ3v) is 7.41. The zero-order chi connectivity index (χ0) is 26.3. The average molecular weight is 514 g/mol. The Morgan fingerprint density at radius 1 is 1.00 bits per heavy atom. The Labute approximate surface area is 210 Å². The summed E-state index contributed by atoms with van der Waals surface area (Å²) in [5.74, 6) is -1.36. The summed E-state index contributed by atoms with van der Waals surface area (Å²) < 4.78 is 47.8. The van der Waals surface area contributed by atoms with Crippen LogP contribution in [0, 0.1) is 5.82 Å². The Kier molecular flexibility index (Phi) is 8.65. The van der Waals surface area contributed by atoms with Crippen LogP contribution in [0.4, 0.5) is 10.1 Å². The van der Waals surface area contributed by atoms with Crippen molar-refractivity contribution in [2.24, 2.45) is 0 Å². The van der Waals surface area contributed by atoms with Crippen molar-refractivity contribution in [2.75, 3.05) is 25.0 Å². The second kappa shape index (κ2) is 11.7. The molecule has 1 N–H and O–H groups in total. The molecule has 0 aliphatic rings. The quantitative estimate of drug-likeness (QED) is 0.449. The monoisotopic (exact) mass is 513 g/mol. The number of nitrogens with zero attached hydrogens (tertiary/aromatic N) is 2. The van der Waals surface area contributed by atoms with Gasteiger partial charge in [-0.2, -0.15) is 0 Å². The van der Waals surface area contributed by atoms with Gasteiger partial charge in [-0.3, -0.25) is 13.9 Å². The van der Waals surface area contributed by atoms with Crippen LogP contribution in [0.25, 0.3) is 0 Å². The molecule has 0 saturated heterocycles. The standard InChI is InChI=1S/C26H28FN3O5S/c1-19(26(32)28-2)29(17-20-10-9-11-21(16-20)35-3)25(31)18-30(24-15-8-7-14-23(24)27)36(33,34)22-12-5-4-6-13-22/h4-16,19H,17-18H2,1-3H3,(H,28,32)/t19-/m1/s1. The van der Waals surface area contributed by atoms with E-state index in [1.54, 1.807) is 30.3 Å². The first-order valence-electron chi connectivity index (χ1n) is 11.2. The number of amides is 2. The number of para-hydroxylation sites is 1. The van der Waals surface area contributed by atoms with E-state index in [1.165, 1.54) is 68.4 Å². The first-order valence-corrected chi connectivity index (χ1v) is 12.6. The van der Waals surface area contributed by atoms with Crippen molar-refractivity contribution >= 4 is 27.5 Å². The summed E-state index contributed by atoms with van der Waals surface area (Å²) in [7, 11) is -1.36. The van der Waals surface area contributed by atoms with Crippen molar-refractivity contribution in [3.8, 4) is 5.75 Å². The second-order valence-corrected chi connectivity index (χ2v) is 9.80. The fourth-order valence-corrected chi connectivity index (χ4v) is 5.09. The van der Waals surface area contributed by atoms with Crippen LogP contribution in [0.1, 0.15) is 12.5 Å². The van der Waals surface area contributed by atoms with Gasteiger partial charge in [0.2, 0.25) is 11.8 Å². The first kappa shape index (κ1) is 26.7. The topological polar surface area (TPSA) is 96.0 Å². The highest BCUT2D eigenvalue weighted by Gasteiger charge is 2.33. The molecule has 0 bridgehead atoms. The van der Waals surface area contributed by atoms with Crippen LogP contribution in [0.15, 0.2) is 83.8 Å². The Balaban J connectivity index is 2.03. The lowest BCUT2D eigenvalue weighted by molar-refractivity contribution is -0.139. The number of likely N-dealkylation sites (N-methyl/N-ethyl adjacent to an activating group) is 1. The van der Waals surface area contributed by atoms with Crippen LogP contribution >= 0.6 is 0 Å². The Hall–Kier alpha value is -3.92. The molecule has 10 heteroatoms. The van der Waals surface area contributed by atoms with Crippen LogP contribution in [-0.2, 0) is 26.2 Å². The minimum atomic E-state index is -4.31. The van der Waals surface area contributed by atoms with Crippen molar-refractivity contribution in [1.29, 1.82) is 0 Å². The fourth-order valence-electron chi connectivity index (χ4n) is 3.65. The number of benzene rings is 3. The van der Waals surface area contributed by atoms with Gasteiger partial charge in [-0.05, 0) is 48.9 Å². The molecule has 0 aliphatic heterocycles. The largest absolute Gasteiger partial charge is 0.497 e. The molecule has 3 rings (SSSR count). The van der Waals surface area contributed by atoms with Crippen LogP contribution in [0.3, 0.4) is 0 Å². The Morgan fingerprint density at radius 2 is 1.67 bits per heavy atom. The number of rotatable bonds is 10. The second-order valence-electron chi connectivity index (χ2n) is 7.94. The number of hydrogen-bond donors (Lipinski definition) is 1. The maximum atomic E-state index is 14.8. The van der Waals surface area contributed by atoms with E-state index < -0.39 is 40.2 Å². The maximum Gasteiger partial charge on any atom is 0.264 e. The summed E-state index contributed by atoms with van der Waals surface area (Å²) in [6.07, 6.45) is 0. The zero-order valence-corrected chi connectivity index (χ0v) is 21.0. The number of carbonyl (C=O) groups is 2. The summed E-state index contributed by atoms with van der Waals surface area (Å²) in [6, 6.07) is 18.8. The van der Waals surface area contributed by atoms with Gasteiger partial charge < -0.3 is 15.0 Å². The minimum Gasteiger partial charge on any atom is -0.497 e. The van der Waals surface area contributed by atoms with Gasteiger partial charge in [-0.25, -0.2) is 12.8 Å². The normalized spacial score (nSPS) is 11.9. The molecule has 0 fully saturated rings. The highest BCUT2D eigenvalue weighted by atomic mass is 32.2. The molecule has 190 valence electrons. The predicted octanol–water partition coefficient (Wildman–Crippen LogP) is 3.19. The molecular weight excluding hydrogens is 485 g/mol. The number of hydrogen-bond acceptors (Lipinski definition) is 5. The van der Waals surface area contributed by atoms with Crippen molar-refractivity contribution in [1.82, 2.24) is 10.2 Å². The zero-order valence-electron chi connectivity index (χ0n) is 20.2. The van der Waals surface area contributed by atoms with Gasteiger partial charge >= 0.3 is 0 Å². The molecule has 0 aromatic heterocycles. The molecule has 0 heterocycles. The lowest BCUT2D eigenvalue weighted by Gasteiger charge is -2.31. The van der Waals surface area contributed by atoms with Crippen LogP contribution < -0.4 is 14.4 Å². The third kappa shape index (κ3) is 6.01. The van der Waals surface area contributed by atoms with Gasteiger partial charge in [0, 0.05) is 13.6 Å². The van der Waals surface area contributed by atoms with Crippen LogP contribution in [0.5, 0.6) is 5.75 Å². The first-order chi connectivity index (χ1) is 17.2. The lowest BCUT2D eigenvalue weighted by Crippen LogP contribution is -2.50. The van der Waals surface area contributed by atoms with E-state index in [0.717, 1.165) is 10.4 Å². The summed E-state index contributed by atoms with van der Waals surface area (Å²) in [6.45, 7) is 0.820. The SMILES string of the molecule is CNC(=O)[C@@H](C)N(Cc1cccc(OC)c1)C(=O)CN(c1ccccc1F)S(=O)(=O)c1ccccc1. The minimum absolute atomic E-state index is 0.00111. The van der Waals surface area contributed by atoms with Gasteiger partial charge in [-0.1, -0.05) is 42.5 Å². The highest BCUT2D eigenvalue weighted by molar-refractivity contribution is 7.92. The molecule has 1 atom stereocenters. The molecule has 3 aromatic rings. The molecule has 0 spiro atoms. The molecule has 8 nitrogen and oxygen atoms in total. The fraction of sp³-hybridized carbons (Fsp3) is 0.231. The summed E-state index contributed by atoms with van der Waals surface area (Å²) in [4.78, 5) is 27.3. The maximum absolute atomic E-state index is 14.8. The molecule has 36 heavy (non-hydrogen) atoms. The van der Waals surface area contributed by atoms with E-state index in [4.69, 9.17) is 4.74 Å². The van der Waals surface area contributed by atoms with E-state index in [9.17, 15) is 22.4 Å². The van der Waals surface area contributed by atoms with Crippen molar-refractivity contribution in [2.45, 2.75) is 24.4 Å². The molecule has 0 unspecified atom stereocenters. The third-order valence-electron chi connectivity index (χ3n) is 5.63. The number of sulfonamides is 1. The number of halogens is 1. The molecule has 0 aliphatic carbocycles. The summed E-state index contributed by atoms with van der Waals surface area (Å²) in [5, 5.41) is 2.51. The number of carbonyl (C=O) groups excluding carboxylic acids is 2. The summed E-state index contributed by atoms with van der Waals surface area (Å²) in [5.41, 5.74) is 0.394. The molecule has 0 radical (unpaired) electrons. The summed E-state index contributed by atoms with van der Waals surface area (Å²) >= 11 is 0. The van der Waals surface area contributed by atoms with E-state index in [0.29, 0.717) is 11.3 Å². The molecule has 3 aromatic carbocycles. The Bertz CT molecular complexity index is 1320. The lowest BCUT2D eigenvalue weighted by atomic mass is 10.1. The van der Waals surface area contributed by atoms with Gasteiger partial charge in [0.05, 0.1) is 17.7 Å². The van der Waals surface area contributed by atoms with Gasteiger partial charge in [0.15, 0.2) is 0 Å². The van der Waals surface area contributed by atoms with Crippen LogP contribution in [-0.4, -0.2) is 51.9 Å². The predicted molar refractivity (Wildman–Crippen MR) is 134 cm³/mol. The highest BCUT2D eigenvalue weighted by Crippen LogP contribution is 2.27. The van der Waals surface area contributed by atoms with Gasteiger partial charge in [-0.15, -0.1) is 0 Å². The van der Waals surface area contributed by atoms with Crippen molar-refractivity contribution < 1.29 is 27.1 Å². The van der Waals surface area contributed by atoms with Gasteiger partial charge in [0.25, 0.3) is 10.0 Å². The van der Waals surface area contributed by atoms with Gasteiger partial charge in [0.1, 0.15) is 24.2 Å². The number of anilines is 1. The van der Waals surface area contributed by atoms with Crippen LogP contribution in [0.2, 0.25) is 0 Å². The average Bonchev–Trinajstić information content (AvgIpc) is 2.90. The van der Waals surface area contributed by atoms with E-state index >= 15 is 0 Å². The molecule has 0 saturated carbocycles. The van der Waals surface area contributed by atoms with E-state index in [-0.39, 0.29) is 17.1 Å². The number of nitrogens with one attached hydrogen (secondary N) is 1. The number of ether oxygens (including phenoxy) is 1. The Morgan fingerprint density at radius 3 is 2.31 bits per heavy atom. The van der Waals surface area contributed by atoms with Crippen molar-refractivity contribution in [3.63, 3.8) is 0 Å².